The van der Waals surface area contributed by atoms with Crippen LogP contribution in [0, 0.1) is 12.8 Å². The largest absolute Gasteiger partial charge is 0.465 e. The summed E-state index contributed by atoms with van der Waals surface area (Å²) in [6, 6.07) is 14.0. The van der Waals surface area contributed by atoms with Gasteiger partial charge < -0.3 is 4.74 Å². The maximum Gasteiger partial charge on any atom is 0.317 e. The molecule has 0 amide bonds. The molecule has 32 heavy (non-hydrogen) atoms. The van der Waals surface area contributed by atoms with Gasteiger partial charge in [-0.25, -0.2) is 8.42 Å². The molecular weight excluding hydrogens is 446 g/mol. The summed E-state index contributed by atoms with van der Waals surface area (Å²) in [6.45, 7) is 7.93. The molecule has 0 aromatic heterocycles. The maximum atomic E-state index is 13.2. The molecule has 0 radical (unpaired) electrons. The summed E-state index contributed by atoms with van der Waals surface area (Å²) in [7, 11) is -3.73. The van der Waals surface area contributed by atoms with Crippen LogP contribution in [0.4, 0.5) is 0 Å². The van der Waals surface area contributed by atoms with Gasteiger partial charge in [0.15, 0.2) is 0 Å². The van der Waals surface area contributed by atoms with Crippen LogP contribution in [0.1, 0.15) is 18.1 Å². The van der Waals surface area contributed by atoms with Gasteiger partial charge in [-0.2, -0.15) is 4.31 Å². The monoisotopic (exact) mass is 471 g/mol. The van der Waals surface area contributed by atoms with E-state index in [1.54, 1.807) is 61.5 Å². The van der Waals surface area contributed by atoms with Crippen LogP contribution in [0.15, 0.2) is 83.3 Å². The lowest BCUT2D eigenvalue weighted by atomic mass is 9.94. The predicted molar refractivity (Wildman–Crippen MR) is 128 cm³/mol. The Labute approximate surface area is 194 Å². The van der Waals surface area contributed by atoms with Crippen LogP contribution in [0.2, 0.25) is 5.02 Å². The Morgan fingerprint density at radius 3 is 2.56 bits per heavy atom. The zero-order valence-corrected chi connectivity index (χ0v) is 19.7. The molecule has 0 N–H and O–H groups in total. The minimum atomic E-state index is -3.73. The van der Waals surface area contributed by atoms with E-state index in [2.05, 4.69) is 6.58 Å². The smallest absolute Gasteiger partial charge is 0.317 e. The van der Waals surface area contributed by atoms with Crippen molar-refractivity contribution in [2.75, 3.05) is 19.7 Å². The number of nitrogens with zero attached hydrogens (tertiary/aromatic N) is 1. The molecule has 2 aromatic rings. The number of hydrogen-bond acceptors (Lipinski definition) is 4. The van der Waals surface area contributed by atoms with Gasteiger partial charge in [-0.05, 0) is 54.8 Å². The number of hydrogen-bond donors (Lipinski definition) is 0. The van der Waals surface area contributed by atoms with Crippen molar-refractivity contribution < 1.29 is 17.9 Å². The molecule has 168 valence electrons. The zero-order valence-electron chi connectivity index (χ0n) is 18.1. The fourth-order valence-corrected chi connectivity index (χ4v) is 5.14. The molecule has 1 atom stereocenters. The Hall–Kier alpha value is -2.67. The molecule has 0 bridgehead atoms. The van der Waals surface area contributed by atoms with Gasteiger partial charge in [0.1, 0.15) is 0 Å². The van der Waals surface area contributed by atoms with Crippen LogP contribution < -0.4 is 0 Å². The van der Waals surface area contributed by atoms with Gasteiger partial charge >= 0.3 is 5.97 Å². The molecule has 0 spiro atoms. The number of ether oxygens (including phenoxy) is 1. The first-order valence-electron chi connectivity index (χ1n) is 10.3. The third-order valence-electron chi connectivity index (χ3n) is 5.26. The van der Waals surface area contributed by atoms with Crippen molar-refractivity contribution in [1.82, 2.24) is 4.31 Å². The highest BCUT2D eigenvalue weighted by Crippen LogP contribution is 2.31. The molecule has 3 rings (SSSR count). The molecular formula is C25H26ClNO4S. The summed E-state index contributed by atoms with van der Waals surface area (Å²) >= 11 is 6.06. The van der Waals surface area contributed by atoms with E-state index in [-0.39, 0.29) is 24.6 Å². The quantitative estimate of drug-likeness (QED) is 0.506. The van der Waals surface area contributed by atoms with Gasteiger partial charge in [-0.15, -0.1) is 0 Å². The average molecular weight is 472 g/mol. The Kier molecular flexibility index (Phi) is 7.72. The Bertz CT molecular complexity index is 1170. The summed E-state index contributed by atoms with van der Waals surface area (Å²) in [4.78, 5) is 13.0. The van der Waals surface area contributed by atoms with Crippen molar-refractivity contribution in [2.24, 2.45) is 5.92 Å². The number of rotatable bonds is 8. The predicted octanol–water partition coefficient (Wildman–Crippen LogP) is 5.03. The van der Waals surface area contributed by atoms with E-state index in [1.165, 1.54) is 4.31 Å². The van der Waals surface area contributed by atoms with Crippen molar-refractivity contribution in [1.29, 1.82) is 0 Å². The molecule has 0 fully saturated rings. The Morgan fingerprint density at radius 1 is 1.22 bits per heavy atom. The molecule has 2 aromatic carbocycles. The fourth-order valence-electron chi connectivity index (χ4n) is 3.55. The van der Waals surface area contributed by atoms with E-state index in [9.17, 15) is 13.2 Å². The number of esters is 1. The maximum absolute atomic E-state index is 13.2. The van der Waals surface area contributed by atoms with Gasteiger partial charge in [-0.3, -0.25) is 4.79 Å². The highest BCUT2D eigenvalue weighted by molar-refractivity contribution is 7.89. The number of carbonyl (C=O) groups excluding carboxylic acids is 1. The summed E-state index contributed by atoms with van der Waals surface area (Å²) in [6.07, 6.45) is 5.13. The molecule has 1 aliphatic rings. The lowest BCUT2D eigenvalue weighted by Gasteiger charge is -2.18. The second kappa shape index (κ2) is 10.3. The number of carbonyl (C=O) groups is 1. The zero-order chi connectivity index (χ0) is 23.3. The second-order valence-electron chi connectivity index (χ2n) is 7.48. The molecule has 1 heterocycles. The third-order valence-corrected chi connectivity index (χ3v) is 7.30. The molecule has 0 saturated heterocycles. The van der Waals surface area contributed by atoms with Gasteiger partial charge in [0.2, 0.25) is 10.0 Å². The van der Waals surface area contributed by atoms with Crippen LogP contribution in [-0.2, 0) is 19.6 Å². The highest BCUT2D eigenvalue weighted by Gasteiger charge is 2.36. The average Bonchev–Trinajstić information content (AvgIpc) is 3.19. The summed E-state index contributed by atoms with van der Waals surface area (Å²) in [5.74, 6) is -1.17. The molecule has 0 saturated carbocycles. The Morgan fingerprint density at radius 2 is 1.94 bits per heavy atom. The third kappa shape index (κ3) is 5.38. The summed E-state index contributed by atoms with van der Waals surface area (Å²) < 4.78 is 33.1. The molecule has 1 aliphatic heterocycles. The van der Waals surface area contributed by atoms with Gasteiger partial charge in [0.25, 0.3) is 0 Å². The number of sulfonamides is 1. The second-order valence-corrected chi connectivity index (χ2v) is 9.86. The lowest BCUT2D eigenvalue weighted by Crippen LogP contribution is -2.31. The van der Waals surface area contributed by atoms with Crippen molar-refractivity contribution in [3.05, 3.63) is 94.6 Å². The van der Waals surface area contributed by atoms with E-state index in [0.29, 0.717) is 16.2 Å². The van der Waals surface area contributed by atoms with E-state index in [1.807, 2.05) is 19.1 Å². The van der Waals surface area contributed by atoms with E-state index in [0.717, 1.165) is 11.1 Å². The van der Waals surface area contributed by atoms with E-state index < -0.39 is 21.9 Å². The lowest BCUT2D eigenvalue weighted by molar-refractivity contribution is -0.145. The molecule has 1 unspecified atom stereocenters. The topological polar surface area (TPSA) is 63.7 Å². The van der Waals surface area contributed by atoms with Crippen LogP contribution in [0.3, 0.4) is 0 Å². The number of aryl methyl sites for hydroxylation is 1. The first kappa shape index (κ1) is 24.0. The van der Waals surface area contributed by atoms with Crippen LogP contribution in [0.25, 0.3) is 6.08 Å². The first-order valence-corrected chi connectivity index (χ1v) is 12.1. The molecule has 7 heteroatoms. The normalized spacial score (nSPS) is 15.8. The van der Waals surface area contributed by atoms with Crippen molar-refractivity contribution in [3.8, 4) is 0 Å². The van der Waals surface area contributed by atoms with Crippen molar-refractivity contribution in [2.45, 2.75) is 18.7 Å². The number of benzene rings is 2. The van der Waals surface area contributed by atoms with Gasteiger partial charge in [0.05, 0.1) is 17.4 Å². The van der Waals surface area contributed by atoms with Crippen molar-refractivity contribution in [3.63, 3.8) is 0 Å². The van der Waals surface area contributed by atoms with E-state index >= 15 is 0 Å². The minimum absolute atomic E-state index is 0.0843. The highest BCUT2D eigenvalue weighted by atomic mass is 35.5. The SMILES string of the molecule is C=CC1=C(C(/C=C/c2cccc(Cl)c2)C(=O)OCC)CN(S(=O)(=O)c2ccc(C)cc2)C1. The van der Waals surface area contributed by atoms with Gasteiger partial charge in [0, 0.05) is 18.1 Å². The first-order chi connectivity index (χ1) is 15.3. The van der Waals surface area contributed by atoms with E-state index in [4.69, 9.17) is 16.3 Å². The van der Waals surface area contributed by atoms with Crippen LogP contribution in [-0.4, -0.2) is 38.4 Å². The van der Waals surface area contributed by atoms with Crippen LogP contribution >= 0.6 is 11.6 Å². The summed E-state index contributed by atoms with van der Waals surface area (Å²) in [5.41, 5.74) is 3.17. The Balaban J connectivity index is 1.93. The number of halogens is 1. The van der Waals surface area contributed by atoms with Gasteiger partial charge in [-0.1, -0.05) is 66.2 Å². The van der Waals surface area contributed by atoms with Crippen LogP contribution in [0.5, 0.6) is 0 Å². The van der Waals surface area contributed by atoms with Crippen molar-refractivity contribution >= 4 is 33.7 Å². The summed E-state index contributed by atoms with van der Waals surface area (Å²) in [5, 5.41) is 0.585. The molecule has 0 aliphatic carbocycles. The standard InChI is InChI=1S/C25H26ClNO4S/c1-4-20-16-27(32(29,30)22-12-9-18(3)10-13-22)17-24(20)23(25(28)31-5-2)14-11-19-7-6-8-21(26)15-19/h4,6-15,23H,1,5,16-17H2,2-3H3/b14-11+. The molecule has 5 nitrogen and oxygen atoms in total. The fraction of sp³-hybridized carbons (Fsp3) is 0.240. The minimum Gasteiger partial charge on any atom is -0.465 e.